The Labute approximate surface area is 174 Å². The van der Waals surface area contributed by atoms with Crippen molar-refractivity contribution in [3.8, 4) is 5.69 Å². The number of anilines is 1. The van der Waals surface area contributed by atoms with Crippen LogP contribution in [0.15, 0.2) is 53.4 Å². The molecule has 0 saturated carbocycles. The lowest BCUT2D eigenvalue weighted by Gasteiger charge is -2.15. The number of hydrogen-bond acceptors (Lipinski definition) is 4. The predicted octanol–water partition coefficient (Wildman–Crippen LogP) is 5.45. The van der Waals surface area contributed by atoms with E-state index >= 15 is 0 Å². The monoisotopic (exact) mass is 422 g/mol. The summed E-state index contributed by atoms with van der Waals surface area (Å²) in [7, 11) is 3.29. The molecule has 1 aromatic heterocycles. The van der Waals surface area contributed by atoms with Gasteiger partial charge in [0.2, 0.25) is 5.95 Å². The Morgan fingerprint density at radius 1 is 1.00 bits per heavy atom. The Balaban J connectivity index is 0.000000360. The molecule has 0 saturated heterocycles. The molecule has 0 aliphatic heterocycles. The van der Waals surface area contributed by atoms with Crippen molar-refractivity contribution in [2.75, 3.05) is 19.0 Å². The maximum Gasteiger partial charge on any atom is 0.453 e. The molecule has 3 rings (SSSR count). The summed E-state index contributed by atoms with van der Waals surface area (Å²) in [6.45, 7) is 4.01. The van der Waals surface area contributed by atoms with E-state index in [1.807, 2.05) is 56.3 Å². The SMILES string of the molecule is CCc1ccc(-n2nc(C(F)(F)F)nc2N(C)C)c(CC)c1.Sc1ccccc1. The van der Waals surface area contributed by atoms with Crippen LogP contribution in [0.3, 0.4) is 0 Å². The van der Waals surface area contributed by atoms with Gasteiger partial charge in [0.15, 0.2) is 0 Å². The molecule has 1 heterocycles. The van der Waals surface area contributed by atoms with Crippen LogP contribution in [0.25, 0.3) is 5.69 Å². The number of benzene rings is 2. The topological polar surface area (TPSA) is 34.0 Å². The van der Waals surface area contributed by atoms with Crippen LogP contribution < -0.4 is 4.90 Å². The third-order valence-electron chi connectivity index (χ3n) is 4.16. The Morgan fingerprint density at radius 2 is 1.66 bits per heavy atom. The van der Waals surface area contributed by atoms with Crippen molar-refractivity contribution in [2.24, 2.45) is 0 Å². The van der Waals surface area contributed by atoms with Crippen LogP contribution in [0.5, 0.6) is 0 Å². The molecule has 3 aromatic rings. The van der Waals surface area contributed by atoms with E-state index in [-0.39, 0.29) is 5.95 Å². The summed E-state index contributed by atoms with van der Waals surface area (Å²) in [5.74, 6) is -0.968. The van der Waals surface area contributed by atoms with Crippen molar-refractivity contribution in [2.45, 2.75) is 37.8 Å². The van der Waals surface area contributed by atoms with Crippen LogP contribution in [-0.4, -0.2) is 28.9 Å². The Morgan fingerprint density at radius 3 is 2.10 bits per heavy atom. The predicted molar refractivity (Wildman–Crippen MR) is 113 cm³/mol. The zero-order chi connectivity index (χ0) is 21.6. The first-order valence-electron chi connectivity index (χ1n) is 9.25. The van der Waals surface area contributed by atoms with Crippen LogP contribution in [0.2, 0.25) is 0 Å². The van der Waals surface area contributed by atoms with E-state index in [1.165, 1.54) is 9.58 Å². The number of thiol groups is 1. The second kappa shape index (κ2) is 9.82. The summed E-state index contributed by atoms with van der Waals surface area (Å²) in [4.78, 5) is 6.17. The first-order valence-corrected chi connectivity index (χ1v) is 9.69. The first kappa shape index (κ1) is 22.8. The summed E-state index contributed by atoms with van der Waals surface area (Å²) in [5, 5.41) is 3.68. The van der Waals surface area contributed by atoms with Crippen LogP contribution in [0.4, 0.5) is 19.1 Å². The Hall–Kier alpha value is -2.48. The van der Waals surface area contributed by atoms with Gasteiger partial charge in [-0.1, -0.05) is 44.2 Å². The van der Waals surface area contributed by atoms with Gasteiger partial charge in [0.05, 0.1) is 5.69 Å². The van der Waals surface area contributed by atoms with Gasteiger partial charge >= 0.3 is 6.18 Å². The molecule has 0 atom stereocenters. The van der Waals surface area contributed by atoms with Gasteiger partial charge < -0.3 is 4.90 Å². The van der Waals surface area contributed by atoms with Crippen LogP contribution in [0.1, 0.15) is 30.8 Å². The highest BCUT2D eigenvalue weighted by Gasteiger charge is 2.37. The second-order valence-electron chi connectivity index (χ2n) is 6.55. The average molecular weight is 423 g/mol. The van der Waals surface area contributed by atoms with Gasteiger partial charge in [0, 0.05) is 19.0 Å². The van der Waals surface area contributed by atoms with E-state index < -0.39 is 12.0 Å². The molecule has 2 aromatic carbocycles. The zero-order valence-corrected chi connectivity index (χ0v) is 17.8. The van der Waals surface area contributed by atoms with Gasteiger partial charge in [-0.15, -0.1) is 17.7 Å². The van der Waals surface area contributed by atoms with E-state index in [0.29, 0.717) is 12.1 Å². The fraction of sp³-hybridized carbons (Fsp3) is 0.333. The Bertz CT molecular complexity index is 921. The molecule has 0 bridgehead atoms. The summed E-state index contributed by atoms with van der Waals surface area (Å²) >= 11 is 4.08. The third-order valence-corrected chi connectivity index (χ3v) is 4.46. The number of alkyl halides is 3. The van der Waals surface area contributed by atoms with E-state index in [1.54, 1.807) is 20.2 Å². The van der Waals surface area contributed by atoms with Crippen molar-refractivity contribution in [1.82, 2.24) is 14.8 Å². The van der Waals surface area contributed by atoms with Crippen molar-refractivity contribution < 1.29 is 13.2 Å². The van der Waals surface area contributed by atoms with E-state index in [0.717, 1.165) is 22.4 Å². The molecular weight excluding hydrogens is 397 g/mol. The minimum atomic E-state index is -4.56. The normalized spacial score (nSPS) is 11.0. The molecule has 0 fully saturated rings. The van der Waals surface area contributed by atoms with E-state index in [2.05, 4.69) is 22.7 Å². The summed E-state index contributed by atoms with van der Waals surface area (Å²) < 4.78 is 40.0. The quantitative estimate of drug-likeness (QED) is 0.568. The van der Waals surface area contributed by atoms with Crippen molar-refractivity contribution in [3.05, 3.63) is 65.5 Å². The Kier molecular flexibility index (Phi) is 7.73. The number of aryl methyl sites for hydroxylation is 2. The van der Waals surface area contributed by atoms with Gasteiger partial charge in [-0.25, -0.2) is 0 Å². The summed E-state index contributed by atoms with van der Waals surface area (Å²) in [6, 6.07) is 15.5. The van der Waals surface area contributed by atoms with Crippen LogP contribution >= 0.6 is 12.6 Å². The molecule has 0 spiro atoms. The molecule has 4 nitrogen and oxygen atoms in total. The zero-order valence-electron chi connectivity index (χ0n) is 16.9. The molecule has 8 heteroatoms. The molecule has 0 unspecified atom stereocenters. The highest BCUT2D eigenvalue weighted by atomic mass is 32.1. The number of rotatable bonds is 4. The van der Waals surface area contributed by atoms with Crippen molar-refractivity contribution in [1.29, 1.82) is 0 Å². The molecule has 0 aliphatic carbocycles. The largest absolute Gasteiger partial charge is 0.453 e. The molecule has 29 heavy (non-hydrogen) atoms. The van der Waals surface area contributed by atoms with Crippen molar-refractivity contribution in [3.63, 3.8) is 0 Å². The maximum atomic E-state index is 12.9. The van der Waals surface area contributed by atoms with Crippen molar-refractivity contribution >= 4 is 18.6 Å². The lowest BCUT2D eigenvalue weighted by atomic mass is 10.0. The highest BCUT2D eigenvalue weighted by Crippen LogP contribution is 2.30. The lowest BCUT2D eigenvalue weighted by molar-refractivity contribution is -0.144. The summed E-state index contributed by atoms with van der Waals surface area (Å²) in [6.07, 6.45) is -2.98. The smallest absolute Gasteiger partial charge is 0.347 e. The second-order valence-corrected chi connectivity index (χ2v) is 7.06. The molecule has 0 N–H and O–H groups in total. The van der Waals surface area contributed by atoms with Crippen LogP contribution in [0, 0.1) is 0 Å². The number of halogens is 3. The number of aromatic nitrogens is 3. The maximum absolute atomic E-state index is 12.9. The van der Waals surface area contributed by atoms with Gasteiger partial charge in [-0.3, -0.25) is 0 Å². The molecule has 156 valence electrons. The fourth-order valence-electron chi connectivity index (χ4n) is 2.65. The molecular formula is C21H25F3N4S. The standard InChI is InChI=1S/C15H19F3N4.C6H6S/c1-5-10-7-8-12(11(6-2)9-10)22-14(21(3)4)19-13(20-22)15(16,17)18;7-6-4-2-1-3-5-6/h7-9H,5-6H2,1-4H3;1-5,7H. The molecule has 0 aliphatic rings. The third kappa shape index (κ3) is 6.00. The molecule has 0 amide bonds. The van der Waals surface area contributed by atoms with E-state index in [9.17, 15) is 13.2 Å². The molecule has 0 radical (unpaired) electrons. The van der Waals surface area contributed by atoms with Gasteiger partial charge in [-0.05, 0) is 42.2 Å². The fourth-order valence-corrected chi connectivity index (χ4v) is 2.82. The number of nitrogens with zero attached hydrogens (tertiary/aromatic N) is 4. The van der Waals surface area contributed by atoms with Gasteiger partial charge in [-0.2, -0.15) is 22.8 Å². The lowest BCUT2D eigenvalue weighted by Crippen LogP contribution is -2.16. The minimum absolute atomic E-state index is 0.159. The van der Waals surface area contributed by atoms with E-state index in [4.69, 9.17) is 0 Å². The van der Waals surface area contributed by atoms with Crippen LogP contribution in [-0.2, 0) is 19.0 Å². The van der Waals surface area contributed by atoms with Gasteiger partial charge in [0.25, 0.3) is 5.82 Å². The highest BCUT2D eigenvalue weighted by molar-refractivity contribution is 7.80. The minimum Gasteiger partial charge on any atom is -0.347 e. The first-order chi connectivity index (χ1) is 13.7. The average Bonchev–Trinajstić information content (AvgIpc) is 3.14. The number of hydrogen-bond donors (Lipinski definition) is 1. The van der Waals surface area contributed by atoms with Gasteiger partial charge in [0.1, 0.15) is 0 Å². The summed E-state index contributed by atoms with van der Waals surface area (Å²) in [5.41, 5.74) is 2.72.